The van der Waals surface area contributed by atoms with Gasteiger partial charge in [-0.3, -0.25) is 9.69 Å². The summed E-state index contributed by atoms with van der Waals surface area (Å²) in [6, 6.07) is 14.9. The highest BCUT2D eigenvalue weighted by Gasteiger charge is 2.20. The van der Waals surface area contributed by atoms with Crippen LogP contribution in [-0.4, -0.2) is 42.2 Å². The fourth-order valence-electron chi connectivity index (χ4n) is 2.93. The number of hydrogen-bond donors (Lipinski definition) is 2. The first-order chi connectivity index (χ1) is 11.6. The highest BCUT2D eigenvalue weighted by molar-refractivity contribution is 6.04. The summed E-state index contributed by atoms with van der Waals surface area (Å²) >= 11 is 0. The SMILES string of the molecule is COc1cccc(C(=O)Nc2cccc(CN3CC[C@@H](O)C3)c2)c1. The molecule has 2 N–H and O–H groups in total. The van der Waals surface area contributed by atoms with E-state index in [-0.39, 0.29) is 12.0 Å². The Hall–Kier alpha value is -2.37. The minimum atomic E-state index is -0.221. The van der Waals surface area contributed by atoms with Crippen LogP contribution in [0.25, 0.3) is 0 Å². The Bertz CT molecular complexity index is 717. The highest BCUT2D eigenvalue weighted by atomic mass is 16.5. The standard InChI is InChI=1S/C19H22N2O3/c1-24-18-7-3-5-15(11-18)19(23)20-16-6-2-4-14(10-16)12-21-9-8-17(22)13-21/h2-7,10-11,17,22H,8-9,12-13H2,1H3,(H,20,23)/t17-/m1/s1. The molecule has 0 spiro atoms. The molecule has 0 aromatic heterocycles. The summed E-state index contributed by atoms with van der Waals surface area (Å²) < 4.78 is 5.15. The quantitative estimate of drug-likeness (QED) is 0.886. The average molecular weight is 326 g/mol. The van der Waals surface area contributed by atoms with Crippen molar-refractivity contribution in [3.05, 3.63) is 59.7 Å². The average Bonchev–Trinajstić information content (AvgIpc) is 3.00. The molecule has 2 aromatic carbocycles. The van der Waals surface area contributed by atoms with Gasteiger partial charge in [0, 0.05) is 30.9 Å². The van der Waals surface area contributed by atoms with Gasteiger partial charge >= 0.3 is 0 Å². The lowest BCUT2D eigenvalue weighted by Crippen LogP contribution is -2.21. The second-order valence-electron chi connectivity index (χ2n) is 6.06. The molecule has 0 aliphatic carbocycles. The normalized spacial score (nSPS) is 17.7. The molecule has 0 radical (unpaired) electrons. The number of methoxy groups -OCH3 is 1. The molecule has 2 aromatic rings. The Morgan fingerprint density at radius 3 is 2.88 bits per heavy atom. The zero-order valence-electron chi connectivity index (χ0n) is 13.7. The van der Waals surface area contributed by atoms with Crippen molar-refractivity contribution in [2.75, 3.05) is 25.5 Å². The van der Waals surface area contributed by atoms with E-state index in [1.165, 1.54) is 0 Å². The molecule has 1 amide bonds. The number of aliphatic hydroxyl groups excluding tert-OH is 1. The predicted molar refractivity (Wildman–Crippen MR) is 93.3 cm³/mol. The van der Waals surface area contributed by atoms with Gasteiger partial charge < -0.3 is 15.2 Å². The van der Waals surface area contributed by atoms with Crippen molar-refractivity contribution in [2.24, 2.45) is 0 Å². The lowest BCUT2D eigenvalue weighted by Gasteiger charge is -2.15. The largest absolute Gasteiger partial charge is 0.497 e. The lowest BCUT2D eigenvalue weighted by molar-refractivity contribution is 0.102. The molecular formula is C19H22N2O3. The summed E-state index contributed by atoms with van der Waals surface area (Å²) in [5.74, 6) is 0.492. The molecule has 5 heteroatoms. The van der Waals surface area contributed by atoms with Gasteiger partial charge in [-0.2, -0.15) is 0 Å². The van der Waals surface area contributed by atoms with E-state index in [1.807, 2.05) is 30.3 Å². The molecule has 126 valence electrons. The molecule has 24 heavy (non-hydrogen) atoms. The van der Waals surface area contributed by atoms with Crippen LogP contribution in [0.5, 0.6) is 5.75 Å². The third-order valence-electron chi connectivity index (χ3n) is 4.17. The molecule has 1 atom stereocenters. The molecule has 5 nitrogen and oxygen atoms in total. The van der Waals surface area contributed by atoms with E-state index in [0.717, 1.165) is 30.8 Å². The number of amides is 1. The summed E-state index contributed by atoms with van der Waals surface area (Å²) in [5, 5.41) is 12.5. The number of nitrogens with zero attached hydrogens (tertiary/aromatic N) is 1. The fourth-order valence-corrected chi connectivity index (χ4v) is 2.93. The number of nitrogens with one attached hydrogen (secondary N) is 1. The summed E-state index contributed by atoms with van der Waals surface area (Å²) in [4.78, 5) is 14.6. The van der Waals surface area contributed by atoms with E-state index < -0.39 is 0 Å². The van der Waals surface area contributed by atoms with E-state index in [0.29, 0.717) is 17.9 Å². The van der Waals surface area contributed by atoms with Crippen LogP contribution in [0.1, 0.15) is 22.3 Å². The van der Waals surface area contributed by atoms with Crippen LogP contribution in [0.2, 0.25) is 0 Å². The summed E-state index contributed by atoms with van der Waals surface area (Å²) in [6.45, 7) is 2.39. The predicted octanol–water partition coefficient (Wildman–Crippen LogP) is 2.51. The first-order valence-corrected chi connectivity index (χ1v) is 8.09. The Balaban J connectivity index is 1.66. The number of rotatable bonds is 5. The third kappa shape index (κ3) is 4.13. The topological polar surface area (TPSA) is 61.8 Å². The van der Waals surface area contributed by atoms with Gasteiger partial charge in [-0.25, -0.2) is 0 Å². The minimum Gasteiger partial charge on any atom is -0.497 e. The number of β-amino-alcohol motifs (C(OH)–C–C–N with tert-alkyl or cyclic N) is 1. The summed E-state index contributed by atoms with van der Waals surface area (Å²) in [5.41, 5.74) is 2.44. The number of benzene rings is 2. The fraction of sp³-hybridized carbons (Fsp3) is 0.316. The lowest BCUT2D eigenvalue weighted by atomic mass is 10.1. The van der Waals surface area contributed by atoms with Gasteiger partial charge in [-0.05, 0) is 42.3 Å². The number of carbonyl (C=O) groups is 1. The van der Waals surface area contributed by atoms with Gasteiger partial charge in [0.2, 0.25) is 0 Å². The van der Waals surface area contributed by atoms with Crippen LogP contribution in [0.15, 0.2) is 48.5 Å². The molecule has 0 unspecified atom stereocenters. The van der Waals surface area contributed by atoms with Crippen molar-refractivity contribution in [3.63, 3.8) is 0 Å². The maximum atomic E-state index is 12.4. The molecule has 0 bridgehead atoms. The van der Waals surface area contributed by atoms with E-state index in [1.54, 1.807) is 25.3 Å². The van der Waals surface area contributed by atoms with E-state index in [4.69, 9.17) is 4.74 Å². The molecule has 1 heterocycles. The molecule has 1 fully saturated rings. The van der Waals surface area contributed by atoms with Crippen LogP contribution in [0.4, 0.5) is 5.69 Å². The van der Waals surface area contributed by atoms with Crippen molar-refractivity contribution in [1.29, 1.82) is 0 Å². The van der Waals surface area contributed by atoms with E-state index >= 15 is 0 Å². The van der Waals surface area contributed by atoms with Crippen molar-refractivity contribution < 1.29 is 14.6 Å². The van der Waals surface area contributed by atoms with Gasteiger partial charge in [0.1, 0.15) is 5.75 Å². The third-order valence-corrected chi connectivity index (χ3v) is 4.17. The molecule has 3 rings (SSSR count). The minimum absolute atomic E-state index is 0.164. The molecule has 1 saturated heterocycles. The van der Waals surface area contributed by atoms with Crippen LogP contribution in [-0.2, 0) is 6.54 Å². The van der Waals surface area contributed by atoms with Crippen molar-refractivity contribution in [3.8, 4) is 5.75 Å². The maximum absolute atomic E-state index is 12.4. The smallest absolute Gasteiger partial charge is 0.255 e. The second-order valence-corrected chi connectivity index (χ2v) is 6.06. The molecular weight excluding hydrogens is 304 g/mol. The van der Waals surface area contributed by atoms with Crippen molar-refractivity contribution in [2.45, 2.75) is 19.1 Å². The monoisotopic (exact) mass is 326 g/mol. The zero-order chi connectivity index (χ0) is 16.9. The second kappa shape index (κ2) is 7.47. The van der Waals surface area contributed by atoms with Gasteiger partial charge in [0.05, 0.1) is 13.2 Å². The molecule has 1 aliphatic rings. The number of ether oxygens (including phenoxy) is 1. The number of hydrogen-bond acceptors (Lipinski definition) is 4. The van der Waals surface area contributed by atoms with Crippen molar-refractivity contribution in [1.82, 2.24) is 4.90 Å². The van der Waals surface area contributed by atoms with Gasteiger partial charge in [0.15, 0.2) is 0 Å². The first-order valence-electron chi connectivity index (χ1n) is 8.09. The zero-order valence-corrected chi connectivity index (χ0v) is 13.7. The number of aliphatic hydroxyl groups is 1. The summed E-state index contributed by atoms with van der Waals surface area (Å²) in [6.07, 6.45) is 0.604. The molecule has 1 aliphatic heterocycles. The number of likely N-dealkylation sites (tertiary alicyclic amines) is 1. The Kier molecular flexibility index (Phi) is 5.13. The van der Waals surface area contributed by atoms with Gasteiger partial charge in [-0.1, -0.05) is 18.2 Å². The number of carbonyl (C=O) groups excluding carboxylic acids is 1. The maximum Gasteiger partial charge on any atom is 0.255 e. The molecule has 0 saturated carbocycles. The van der Waals surface area contributed by atoms with Gasteiger partial charge in [-0.15, -0.1) is 0 Å². The Morgan fingerprint density at radius 2 is 2.12 bits per heavy atom. The highest BCUT2D eigenvalue weighted by Crippen LogP contribution is 2.18. The van der Waals surface area contributed by atoms with Gasteiger partial charge in [0.25, 0.3) is 5.91 Å². The van der Waals surface area contributed by atoms with Crippen LogP contribution < -0.4 is 10.1 Å². The summed E-state index contributed by atoms with van der Waals surface area (Å²) in [7, 11) is 1.58. The van der Waals surface area contributed by atoms with E-state index in [9.17, 15) is 9.90 Å². The Morgan fingerprint density at radius 1 is 1.29 bits per heavy atom. The number of anilines is 1. The Labute approximate surface area is 141 Å². The van der Waals surface area contributed by atoms with E-state index in [2.05, 4.69) is 10.2 Å². The van der Waals surface area contributed by atoms with Crippen molar-refractivity contribution >= 4 is 11.6 Å². The van der Waals surface area contributed by atoms with Crippen LogP contribution in [0.3, 0.4) is 0 Å². The van der Waals surface area contributed by atoms with Crippen LogP contribution >= 0.6 is 0 Å². The first kappa shape index (κ1) is 16.5. The van der Waals surface area contributed by atoms with Crippen LogP contribution in [0, 0.1) is 0 Å².